The van der Waals surface area contributed by atoms with Crippen LogP contribution >= 0.6 is 0 Å². The molecule has 1 atom stereocenters. The Kier molecular flexibility index (Phi) is 4.45. The zero-order valence-corrected chi connectivity index (χ0v) is 11.4. The highest BCUT2D eigenvalue weighted by Gasteiger charge is 2.13. The van der Waals surface area contributed by atoms with E-state index < -0.39 is 11.6 Å². The van der Waals surface area contributed by atoms with E-state index in [0.717, 1.165) is 11.6 Å². The van der Waals surface area contributed by atoms with Gasteiger partial charge in [0.2, 0.25) is 0 Å². The molecule has 20 heavy (non-hydrogen) atoms. The third kappa shape index (κ3) is 3.20. The van der Waals surface area contributed by atoms with Crippen molar-refractivity contribution in [3.63, 3.8) is 0 Å². The predicted molar refractivity (Wildman–Crippen MR) is 73.0 cm³/mol. The molecule has 1 unspecified atom stereocenters. The first-order valence-corrected chi connectivity index (χ1v) is 6.38. The number of rotatable bonds is 4. The molecule has 0 saturated heterocycles. The van der Waals surface area contributed by atoms with E-state index in [1.54, 1.807) is 20.0 Å². The molecule has 1 N–H and O–H groups in total. The van der Waals surface area contributed by atoms with E-state index in [1.807, 2.05) is 6.07 Å². The lowest BCUT2D eigenvalue weighted by Gasteiger charge is -2.17. The van der Waals surface area contributed by atoms with Gasteiger partial charge in [-0.15, -0.1) is 0 Å². The minimum absolute atomic E-state index is 0.157. The Balaban J connectivity index is 2.23. The average Bonchev–Trinajstić information content (AvgIpc) is 2.43. The second-order valence-electron chi connectivity index (χ2n) is 4.80. The van der Waals surface area contributed by atoms with Crippen molar-refractivity contribution in [1.82, 2.24) is 5.32 Å². The molecule has 0 aromatic heterocycles. The van der Waals surface area contributed by atoms with Gasteiger partial charge in [-0.3, -0.25) is 0 Å². The molecule has 0 amide bonds. The van der Waals surface area contributed by atoms with Crippen LogP contribution in [0, 0.1) is 24.4 Å². The summed E-state index contributed by atoms with van der Waals surface area (Å²) in [6.07, 6.45) is 0.455. The van der Waals surface area contributed by atoms with Gasteiger partial charge in [-0.05, 0) is 55.3 Å². The Labute approximate surface area is 116 Å². The van der Waals surface area contributed by atoms with Gasteiger partial charge >= 0.3 is 0 Å². The molecule has 0 bridgehead atoms. The SMILES string of the molecule is CNC(Cc1ccc(F)c(F)c1)c1ccc(C)c(F)c1. The highest BCUT2D eigenvalue weighted by atomic mass is 19.2. The van der Waals surface area contributed by atoms with Crippen molar-refractivity contribution in [3.8, 4) is 0 Å². The summed E-state index contributed by atoms with van der Waals surface area (Å²) in [4.78, 5) is 0. The van der Waals surface area contributed by atoms with E-state index in [2.05, 4.69) is 5.32 Å². The highest BCUT2D eigenvalue weighted by molar-refractivity contribution is 5.28. The Bertz CT molecular complexity index is 611. The van der Waals surface area contributed by atoms with E-state index in [1.165, 1.54) is 18.2 Å². The van der Waals surface area contributed by atoms with Gasteiger partial charge in [0.1, 0.15) is 5.82 Å². The van der Waals surface area contributed by atoms with Crippen LogP contribution in [0.4, 0.5) is 13.2 Å². The van der Waals surface area contributed by atoms with Crippen LogP contribution in [0.3, 0.4) is 0 Å². The summed E-state index contributed by atoms with van der Waals surface area (Å²) in [5, 5.41) is 3.06. The lowest BCUT2D eigenvalue weighted by atomic mass is 9.98. The fraction of sp³-hybridized carbons (Fsp3) is 0.250. The predicted octanol–water partition coefficient (Wildman–Crippen LogP) is 3.92. The van der Waals surface area contributed by atoms with Gasteiger partial charge in [-0.25, -0.2) is 13.2 Å². The number of halogens is 3. The lowest BCUT2D eigenvalue weighted by Crippen LogP contribution is -2.19. The van der Waals surface area contributed by atoms with Crippen LogP contribution in [0.5, 0.6) is 0 Å². The quantitative estimate of drug-likeness (QED) is 0.894. The van der Waals surface area contributed by atoms with Crippen LogP contribution in [-0.2, 0) is 6.42 Å². The van der Waals surface area contributed by atoms with Crippen molar-refractivity contribution in [1.29, 1.82) is 0 Å². The van der Waals surface area contributed by atoms with Gasteiger partial charge in [-0.2, -0.15) is 0 Å². The second kappa shape index (κ2) is 6.09. The summed E-state index contributed by atoms with van der Waals surface area (Å²) in [6.45, 7) is 1.70. The summed E-state index contributed by atoms with van der Waals surface area (Å²) in [7, 11) is 1.75. The molecule has 0 radical (unpaired) electrons. The molecule has 2 rings (SSSR count). The van der Waals surface area contributed by atoms with Gasteiger partial charge in [0.25, 0.3) is 0 Å². The van der Waals surface area contributed by atoms with E-state index in [-0.39, 0.29) is 11.9 Å². The Hall–Kier alpha value is -1.81. The standard InChI is InChI=1S/C16H16F3N/c1-10-3-5-12(9-14(10)18)16(20-2)8-11-4-6-13(17)15(19)7-11/h3-7,9,16,20H,8H2,1-2H3. The van der Waals surface area contributed by atoms with Crippen LogP contribution in [0.15, 0.2) is 36.4 Å². The van der Waals surface area contributed by atoms with Crippen molar-refractivity contribution >= 4 is 0 Å². The van der Waals surface area contributed by atoms with Crippen LogP contribution < -0.4 is 5.32 Å². The monoisotopic (exact) mass is 279 g/mol. The minimum Gasteiger partial charge on any atom is -0.313 e. The molecule has 0 fully saturated rings. The third-order valence-corrected chi connectivity index (χ3v) is 3.37. The van der Waals surface area contributed by atoms with E-state index >= 15 is 0 Å². The molecule has 4 heteroatoms. The number of hydrogen-bond donors (Lipinski definition) is 1. The summed E-state index contributed by atoms with van der Waals surface area (Å²) >= 11 is 0. The van der Waals surface area contributed by atoms with Crippen LogP contribution in [0.1, 0.15) is 22.7 Å². The highest BCUT2D eigenvalue weighted by Crippen LogP contribution is 2.21. The largest absolute Gasteiger partial charge is 0.313 e. The molecule has 2 aromatic carbocycles. The maximum absolute atomic E-state index is 13.6. The Morgan fingerprint density at radius 3 is 2.30 bits per heavy atom. The van der Waals surface area contributed by atoms with Gasteiger partial charge in [0.05, 0.1) is 0 Å². The molecule has 0 spiro atoms. The molecule has 0 heterocycles. The van der Waals surface area contributed by atoms with Gasteiger partial charge in [-0.1, -0.05) is 18.2 Å². The molecule has 0 saturated carbocycles. The van der Waals surface area contributed by atoms with Crippen LogP contribution in [0.2, 0.25) is 0 Å². The number of hydrogen-bond acceptors (Lipinski definition) is 1. The zero-order chi connectivity index (χ0) is 14.7. The summed E-state index contributed by atoms with van der Waals surface area (Å²) in [5.74, 6) is -2.00. The second-order valence-corrected chi connectivity index (χ2v) is 4.80. The van der Waals surface area contributed by atoms with Gasteiger partial charge in [0.15, 0.2) is 11.6 Å². The molecule has 0 aliphatic rings. The Morgan fingerprint density at radius 1 is 0.950 bits per heavy atom. The lowest BCUT2D eigenvalue weighted by molar-refractivity contribution is 0.504. The van der Waals surface area contributed by atoms with E-state index in [9.17, 15) is 13.2 Å². The Morgan fingerprint density at radius 2 is 1.70 bits per heavy atom. The zero-order valence-electron chi connectivity index (χ0n) is 11.4. The smallest absolute Gasteiger partial charge is 0.159 e. The number of benzene rings is 2. The first-order valence-electron chi connectivity index (χ1n) is 6.38. The maximum atomic E-state index is 13.6. The van der Waals surface area contributed by atoms with Crippen LogP contribution in [-0.4, -0.2) is 7.05 Å². The molecular formula is C16H16F3N. The molecule has 106 valence electrons. The van der Waals surface area contributed by atoms with Gasteiger partial charge in [0, 0.05) is 6.04 Å². The molecule has 0 aliphatic heterocycles. The fourth-order valence-electron chi connectivity index (χ4n) is 2.11. The van der Waals surface area contributed by atoms with Gasteiger partial charge < -0.3 is 5.32 Å². The van der Waals surface area contributed by atoms with Crippen molar-refractivity contribution in [3.05, 3.63) is 70.5 Å². The van der Waals surface area contributed by atoms with Crippen molar-refractivity contribution in [2.45, 2.75) is 19.4 Å². The first-order chi connectivity index (χ1) is 9.51. The third-order valence-electron chi connectivity index (χ3n) is 3.37. The normalized spacial score (nSPS) is 12.4. The molecule has 1 nitrogen and oxygen atoms in total. The van der Waals surface area contributed by atoms with E-state index in [4.69, 9.17) is 0 Å². The van der Waals surface area contributed by atoms with Crippen molar-refractivity contribution in [2.75, 3.05) is 7.05 Å². The number of aryl methyl sites for hydroxylation is 1. The maximum Gasteiger partial charge on any atom is 0.159 e. The summed E-state index contributed by atoms with van der Waals surface area (Å²) < 4.78 is 39.7. The van der Waals surface area contributed by atoms with E-state index in [0.29, 0.717) is 17.5 Å². The molecule has 0 aliphatic carbocycles. The van der Waals surface area contributed by atoms with Crippen molar-refractivity contribution < 1.29 is 13.2 Å². The van der Waals surface area contributed by atoms with Crippen LogP contribution in [0.25, 0.3) is 0 Å². The minimum atomic E-state index is -0.868. The first kappa shape index (κ1) is 14.6. The molecular weight excluding hydrogens is 263 g/mol. The number of nitrogens with one attached hydrogen (secondary N) is 1. The number of likely N-dealkylation sites (N-methyl/N-ethyl adjacent to an activating group) is 1. The summed E-state index contributed by atoms with van der Waals surface area (Å²) in [5.41, 5.74) is 2.01. The van der Waals surface area contributed by atoms with Crippen molar-refractivity contribution in [2.24, 2.45) is 0 Å². The molecule has 2 aromatic rings. The fourth-order valence-corrected chi connectivity index (χ4v) is 2.11. The summed E-state index contributed by atoms with van der Waals surface area (Å²) in [6, 6.07) is 8.66. The average molecular weight is 279 g/mol. The topological polar surface area (TPSA) is 12.0 Å².